The number of nitrogens with zero attached hydrogens (tertiary/aromatic N) is 1. The molecule has 1 fully saturated rings. The fourth-order valence-electron chi connectivity index (χ4n) is 2.46. The highest BCUT2D eigenvalue weighted by atomic mass is 35.5. The fraction of sp³-hybridized carbons (Fsp3) is 0.111. The first-order chi connectivity index (χ1) is 12.2. The van der Waals surface area contributed by atoms with Gasteiger partial charge in [0.25, 0.3) is 5.91 Å². The molecule has 1 aliphatic rings. The number of benzene rings is 2. The van der Waals surface area contributed by atoms with E-state index in [0.29, 0.717) is 10.6 Å². The highest BCUT2D eigenvalue weighted by Crippen LogP contribution is 2.30. The van der Waals surface area contributed by atoms with Crippen molar-refractivity contribution in [3.63, 3.8) is 0 Å². The highest BCUT2D eigenvalue weighted by Gasteiger charge is 2.34. The van der Waals surface area contributed by atoms with Crippen LogP contribution in [0.3, 0.4) is 0 Å². The van der Waals surface area contributed by atoms with Crippen LogP contribution in [0.25, 0.3) is 6.08 Å². The Kier molecular flexibility index (Phi) is 4.73. The van der Waals surface area contributed by atoms with Crippen LogP contribution >= 0.6 is 11.6 Å². The first kappa shape index (κ1) is 18.0. The van der Waals surface area contributed by atoms with Gasteiger partial charge in [-0.05, 0) is 41.5 Å². The zero-order chi connectivity index (χ0) is 18.9. The van der Waals surface area contributed by atoms with E-state index in [-0.39, 0.29) is 17.8 Å². The van der Waals surface area contributed by atoms with Crippen LogP contribution in [-0.4, -0.2) is 16.8 Å². The van der Waals surface area contributed by atoms with Gasteiger partial charge < -0.3 is 5.32 Å². The first-order valence-corrected chi connectivity index (χ1v) is 7.88. The second-order valence-corrected chi connectivity index (χ2v) is 6.07. The number of amides is 3. The molecule has 3 amide bonds. The summed E-state index contributed by atoms with van der Waals surface area (Å²) in [6.45, 7) is 0.0295. The molecule has 0 saturated carbocycles. The normalized spacial score (nSPS) is 16.3. The standard InChI is InChI=1S/C18H12ClF3N2O2/c19-14-6-4-11(5-7-14)10-24-16(25)15(23-17(24)26)9-12-2-1-3-13(8-12)18(20,21)22/h1-9H,10H2,(H,23,26). The first-order valence-electron chi connectivity index (χ1n) is 7.50. The number of carbonyl (C=O) groups is 2. The average molecular weight is 381 g/mol. The Morgan fingerprint density at radius 1 is 1.08 bits per heavy atom. The van der Waals surface area contributed by atoms with Crippen molar-refractivity contribution in [2.75, 3.05) is 0 Å². The molecule has 4 nitrogen and oxygen atoms in total. The van der Waals surface area contributed by atoms with E-state index in [0.717, 1.165) is 17.0 Å². The van der Waals surface area contributed by atoms with Gasteiger partial charge in [-0.15, -0.1) is 0 Å². The minimum Gasteiger partial charge on any atom is -0.303 e. The summed E-state index contributed by atoms with van der Waals surface area (Å²) in [7, 11) is 0. The lowest BCUT2D eigenvalue weighted by atomic mass is 10.1. The number of alkyl halides is 3. The molecule has 0 spiro atoms. The molecule has 8 heteroatoms. The number of carbonyl (C=O) groups excluding carboxylic acids is 2. The molecule has 1 N–H and O–H groups in total. The summed E-state index contributed by atoms with van der Waals surface area (Å²) in [5.74, 6) is -0.609. The molecule has 0 atom stereocenters. The van der Waals surface area contributed by atoms with E-state index in [9.17, 15) is 22.8 Å². The van der Waals surface area contributed by atoms with Crippen molar-refractivity contribution in [1.29, 1.82) is 0 Å². The van der Waals surface area contributed by atoms with E-state index >= 15 is 0 Å². The summed E-state index contributed by atoms with van der Waals surface area (Å²) in [4.78, 5) is 25.4. The molecule has 0 bridgehead atoms. The minimum atomic E-state index is -4.49. The molecular weight excluding hydrogens is 369 g/mol. The molecule has 26 heavy (non-hydrogen) atoms. The van der Waals surface area contributed by atoms with Crippen molar-refractivity contribution < 1.29 is 22.8 Å². The van der Waals surface area contributed by atoms with E-state index in [1.54, 1.807) is 24.3 Å². The van der Waals surface area contributed by atoms with Gasteiger partial charge in [0.15, 0.2) is 0 Å². The summed E-state index contributed by atoms with van der Waals surface area (Å²) >= 11 is 5.79. The second-order valence-electron chi connectivity index (χ2n) is 5.63. The maximum Gasteiger partial charge on any atom is 0.416 e. The van der Waals surface area contributed by atoms with Crippen LogP contribution in [0.5, 0.6) is 0 Å². The van der Waals surface area contributed by atoms with Crippen molar-refractivity contribution in [1.82, 2.24) is 10.2 Å². The lowest BCUT2D eigenvalue weighted by Gasteiger charge is -2.11. The number of rotatable bonds is 3. The molecule has 0 aliphatic carbocycles. The van der Waals surface area contributed by atoms with Crippen molar-refractivity contribution in [2.24, 2.45) is 0 Å². The maximum absolute atomic E-state index is 12.8. The van der Waals surface area contributed by atoms with Crippen LogP contribution in [0.1, 0.15) is 16.7 Å². The van der Waals surface area contributed by atoms with Crippen LogP contribution in [0.2, 0.25) is 5.02 Å². The highest BCUT2D eigenvalue weighted by molar-refractivity contribution is 6.30. The maximum atomic E-state index is 12.8. The van der Waals surface area contributed by atoms with Gasteiger partial charge in [-0.25, -0.2) is 4.79 Å². The minimum absolute atomic E-state index is 0.0295. The average Bonchev–Trinajstić information content (AvgIpc) is 2.84. The summed E-state index contributed by atoms with van der Waals surface area (Å²) in [6.07, 6.45) is -3.27. The van der Waals surface area contributed by atoms with Gasteiger partial charge in [-0.3, -0.25) is 9.69 Å². The van der Waals surface area contributed by atoms with Gasteiger partial charge >= 0.3 is 12.2 Å². The van der Waals surface area contributed by atoms with Gasteiger partial charge in [0, 0.05) is 5.02 Å². The van der Waals surface area contributed by atoms with Crippen LogP contribution in [-0.2, 0) is 17.5 Å². The quantitative estimate of drug-likeness (QED) is 0.631. The Hall–Kier alpha value is -2.80. The van der Waals surface area contributed by atoms with Crippen LogP contribution in [0, 0.1) is 0 Å². The van der Waals surface area contributed by atoms with E-state index < -0.39 is 23.7 Å². The zero-order valence-corrected chi connectivity index (χ0v) is 13.9. The topological polar surface area (TPSA) is 49.4 Å². The Morgan fingerprint density at radius 3 is 2.42 bits per heavy atom. The lowest BCUT2D eigenvalue weighted by Crippen LogP contribution is -2.30. The molecule has 134 valence electrons. The second kappa shape index (κ2) is 6.84. The van der Waals surface area contributed by atoms with Gasteiger partial charge in [0.2, 0.25) is 0 Å². The smallest absolute Gasteiger partial charge is 0.303 e. The van der Waals surface area contributed by atoms with Gasteiger partial charge in [-0.1, -0.05) is 35.9 Å². The molecular formula is C18H12ClF3N2O2. The summed E-state index contributed by atoms with van der Waals surface area (Å²) in [6, 6.07) is 10.5. The number of hydrogen-bond acceptors (Lipinski definition) is 2. The number of halogens is 4. The largest absolute Gasteiger partial charge is 0.416 e. The molecule has 1 aliphatic heterocycles. The van der Waals surface area contributed by atoms with E-state index in [1.807, 2.05) is 0 Å². The molecule has 0 radical (unpaired) electrons. The Labute approximate surface area is 151 Å². The molecule has 2 aromatic rings. The third-order valence-corrected chi connectivity index (χ3v) is 3.99. The zero-order valence-electron chi connectivity index (χ0n) is 13.2. The van der Waals surface area contributed by atoms with E-state index in [4.69, 9.17) is 11.6 Å². The summed E-state index contributed by atoms with van der Waals surface area (Å²) in [5, 5.41) is 2.91. The number of hydrogen-bond donors (Lipinski definition) is 1. The molecule has 1 saturated heterocycles. The number of imide groups is 1. The Balaban J connectivity index is 1.82. The Morgan fingerprint density at radius 2 is 1.77 bits per heavy atom. The molecule has 0 unspecified atom stereocenters. The van der Waals surface area contributed by atoms with Crippen LogP contribution in [0.15, 0.2) is 54.2 Å². The monoisotopic (exact) mass is 380 g/mol. The van der Waals surface area contributed by atoms with E-state index in [2.05, 4.69) is 5.32 Å². The predicted molar refractivity (Wildman–Crippen MR) is 90.0 cm³/mol. The molecule has 2 aromatic carbocycles. The SMILES string of the molecule is O=C1NC(=Cc2cccc(C(F)(F)F)c2)C(=O)N1Cc1ccc(Cl)cc1. The van der Waals surface area contributed by atoms with Crippen molar-refractivity contribution >= 4 is 29.6 Å². The molecule has 0 aromatic heterocycles. The van der Waals surface area contributed by atoms with Crippen molar-refractivity contribution in [3.8, 4) is 0 Å². The third-order valence-electron chi connectivity index (χ3n) is 3.74. The third kappa shape index (κ3) is 3.88. The molecule has 3 rings (SSSR count). The van der Waals surface area contributed by atoms with Crippen molar-refractivity contribution in [3.05, 3.63) is 75.9 Å². The van der Waals surface area contributed by atoms with Crippen LogP contribution in [0.4, 0.5) is 18.0 Å². The van der Waals surface area contributed by atoms with Gasteiger partial charge in [0.05, 0.1) is 12.1 Å². The summed E-state index contributed by atoms with van der Waals surface area (Å²) < 4.78 is 38.3. The van der Waals surface area contributed by atoms with Gasteiger partial charge in [0.1, 0.15) is 5.70 Å². The number of urea groups is 1. The van der Waals surface area contributed by atoms with E-state index in [1.165, 1.54) is 18.2 Å². The fourth-order valence-corrected chi connectivity index (χ4v) is 2.59. The predicted octanol–water partition coefficient (Wildman–Crippen LogP) is 4.45. The van der Waals surface area contributed by atoms with Gasteiger partial charge in [-0.2, -0.15) is 13.2 Å². The lowest BCUT2D eigenvalue weighted by molar-refractivity contribution is -0.137. The molecule has 1 heterocycles. The summed E-state index contributed by atoms with van der Waals surface area (Å²) in [5.41, 5.74) is -0.0556. The number of nitrogens with one attached hydrogen (secondary N) is 1. The van der Waals surface area contributed by atoms with Crippen molar-refractivity contribution in [2.45, 2.75) is 12.7 Å². The Bertz CT molecular complexity index is 892. The van der Waals surface area contributed by atoms with Crippen LogP contribution < -0.4 is 5.32 Å².